The third kappa shape index (κ3) is 4.85. The molecule has 1 heterocycles. The molecule has 0 fully saturated rings. The average molecular weight is 304 g/mol. The van der Waals surface area contributed by atoms with E-state index in [1.54, 1.807) is 6.92 Å². The first-order valence-electron chi connectivity index (χ1n) is 7.16. The summed E-state index contributed by atoms with van der Waals surface area (Å²) in [5, 5.41) is 9.16. The van der Waals surface area contributed by atoms with Gasteiger partial charge in [0.1, 0.15) is 0 Å². The smallest absolute Gasteiger partial charge is 0.315 e. The van der Waals surface area contributed by atoms with Crippen LogP contribution in [-0.2, 0) is 11.3 Å². The Hall–Kier alpha value is -2.41. The van der Waals surface area contributed by atoms with Gasteiger partial charge in [0, 0.05) is 20.1 Å². The number of benzene rings is 1. The standard InChI is InChI=1S/C15H20N4O3/c1-3-21-13(12-7-5-4-6-8-12)9-16-15(20)17-10-14-18-11(2)22-19-14/h4-8,13H,3,9-10H2,1-2H3,(H2,16,17,20)/t13-/m0/s1. The topological polar surface area (TPSA) is 89.3 Å². The minimum atomic E-state index is -0.303. The molecule has 2 rings (SSSR count). The second-order valence-electron chi connectivity index (χ2n) is 4.65. The highest BCUT2D eigenvalue weighted by Gasteiger charge is 2.13. The average Bonchev–Trinajstić information content (AvgIpc) is 2.96. The minimum Gasteiger partial charge on any atom is -0.372 e. The van der Waals surface area contributed by atoms with Crippen LogP contribution in [0.25, 0.3) is 0 Å². The summed E-state index contributed by atoms with van der Waals surface area (Å²) >= 11 is 0. The van der Waals surface area contributed by atoms with Gasteiger partial charge in [-0.15, -0.1) is 0 Å². The zero-order valence-corrected chi connectivity index (χ0v) is 12.7. The summed E-state index contributed by atoms with van der Waals surface area (Å²) in [5.41, 5.74) is 1.03. The molecule has 1 atom stereocenters. The van der Waals surface area contributed by atoms with E-state index >= 15 is 0 Å². The largest absolute Gasteiger partial charge is 0.372 e. The quantitative estimate of drug-likeness (QED) is 0.816. The number of aromatic nitrogens is 2. The van der Waals surface area contributed by atoms with Crippen molar-refractivity contribution in [1.82, 2.24) is 20.8 Å². The number of ether oxygens (including phenoxy) is 1. The molecular formula is C15H20N4O3. The SMILES string of the molecule is CCO[C@@H](CNC(=O)NCc1noc(C)n1)c1ccccc1. The van der Waals surface area contributed by atoms with Crippen LogP contribution in [0.3, 0.4) is 0 Å². The van der Waals surface area contributed by atoms with Gasteiger partial charge in [0.15, 0.2) is 5.82 Å². The first kappa shape index (κ1) is 16.0. The van der Waals surface area contributed by atoms with Crippen LogP contribution in [0.2, 0.25) is 0 Å². The molecule has 2 N–H and O–H groups in total. The van der Waals surface area contributed by atoms with Gasteiger partial charge in [-0.2, -0.15) is 4.98 Å². The van der Waals surface area contributed by atoms with Crippen LogP contribution in [-0.4, -0.2) is 29.3 Å². The second kappa shape index (κ2) is 8.14. The molecule has 0 aliphatic rings. The molecule has 0 bridgehead atoms. The van der Waals surface area contributed by atoms with Crippen LogP contribution < -0.4 is 10.6 Å². The van der Waals surface area contributed by atoms with Crippen LogP contribution >= 0.6 is 0 Å². The van der Waals surface area contributed by atoms with Gasteiger partial charge in [0.05, 0.1) is 12.6 Å². The van der Waals surface area contributed by atoms with Crippen molar-refractivity contribution >= 4 is 6.03 Å². The molecule has 22 heavy (non-hydrogen) atoms. The lowest BCUT2D eigenvalue weighted by atomic mass is 10.1. The van der Waals surface area contributed by atoms with E-state index < -0.39 is 0 Å². The van der Waals surface area contributed by atoms with Crippen molar-refractivity contribution in [3.8, 4) is 0 Å². The second-order valence-corrected chi connectivity index (χ2v) is 4.65. The number of hydrogen-bond acceptors (Lipinski definition) is 5. The van der Waals surface area contributed by atoms with E-state index in [0.717, 1.165) is 5.56 Å². The molecule has 0 aliphatic carbocycles. The van der Waals surface area contributed by atoms with Crippen molar-refractivity contribution in [2.24, 2.45) is 0 Å². The lowest BCUT2D eigenvalue weighted by Crippen LogP contribution is -2.38. The molecule has 0 saturated carbocycles. The van der Waals surface area contributed by atoms with Gasteiger partial charge >= 0.3 is 6.03 Å². The van der Waals surface area contributed by atoms with Gasteiger partial charge < -0.3 is 19.9 Å². The van der Waals surface area contributed by atoms with Crippen molar-refractivity contribution < 1.29 is 14.1 Å². The van der Waals surface area contributed by atoms with Crippen LogP contribution in [0, 0.1) is 6.92 Å². The molecule has 0 radical (unpaired) electrons. The predicted octanol–water partition coefficient (Wildman–Crippen LogP) is 1.96. The fraction of sp³-hybridized carbons (Fsp3) is 0.400. The van der Waals surface area contributed by atoms with Gasteiger partial charge in [0.25, 0.3) is 0 Å². The first-order chi connectivity index (χ1) is 10.7. The molecule has 2 amide bonds. The predicted molar refractivity (Wildman–Crippen MR) is 80.1 cm³/mol. The van der Waals surface area contributed by atoms with Gasteiger partial charge in [-0.25, -0.2) is 4.79 Å². The number of nitrogens with one attached hydrogen (secondary N) is 2. The zero-order chi connectivity index (χ0) is 15.8. The molecule has 7 nitrogen and oxygen atoms in total. The van der Waals surface area contributed by atoms with Crippen molar-refractivity contribution in [2.75, 3.05) is 13.2 Å². The maximum absolute atomic E-state index is 11.8. The molecule has 118 valence electrons. The van der Waals surface area contributed by atoms with E-state index in [1.807, 2.05) is 37.3 Å². The van der Waals surface area contributed by atoms with Gasteiger partial charge in [-0.1, -0.05) is 35.5 Å². The summed E-state index contributed by atoms with van der Waals surface area (Å²) < 4.78 is 10.5. The fourth-order valence-electron chi connectivity index (χ4n) is 1.96. The Morgan fingerprint density at radius 1 is 1.32 bits per heavy atom. The Labute approximate surface area is 129 Å². The monoisotopic (exact) mass is 304 g/mol. The normalized spacial score (nSPS) is 11.9. The molecule has 2 aromatic rings. The number of carbonyl (C=O) groups excluding carboxylic acids is 1. The highest BCUT2D eigenvalue weighted by atomic mass is 16.5. The van der Waals surface area contributed by atoms with Gasteiger partial charge in [-0.3, -0.25) is 0 Å². The first-order valence-corrected chi connectivity index (χ1v) is 7.16. The maximum atomic E-state index is 11.8. The van der Waals surface area contributed by atoms with Crippen LogP contribution in [0.5, 0.6) is 0 Å². The van der Waals surface area contributed by atoms with E-state index in [0.29, 0.717) is 24.9 Å². The number of urea groups is 1. The number of rotatable bonds is 7. The Balaban J connectivity index is 1.80. The Morgan fingerprint density at radius 2 is 2.09 bits per heavy atom. The lowest BCUT2D eigenvalue weighted by Gasteiger charge is -2.18. The molecule has 0 unspecified atom stereocenters. The van der Waals surface area contributed by atoms with Crippen molar-refractivity contribution in [3.05, 3.63) is 47.6 Å². The Morgan fingerprint density at radius 3 is 2.73 bits per heavy atom. The zero-order valence-electron chi connectivity index (χ0n) is 12.7. The number of aryl methyl sites for hydroxylation is 1. The number of hydrogen-bond donors (Lipinski definition) is 2. The molecule has 1 aromatic heterocycles. The summed E-state index contributed by atoms with van der Waals surface area (Å²) in [6.07, 6.45) is -0.177. The minimum absolute atomic E-state index is 0.177. The van der Waals surface area contributed by atoms with Crippen LogP contribution in [0.4, 0.5) is 4.79 Å². The van der Waals surface area contributed by atoms with E-state index in [9.17, 15) is 4.79 Å². The summed E-state index contributed by atoms with van der Waals surface area (Å²) in [5.74, 6) is 0.912. The summed E-state index contributed by atoms with van der Waals surface area (Å²) in [6.45, 7) is 4.80. The molecular weight excluding hydrogens is 284 g/mol. The van der Waals surface area contributed by atoms with Crippen LogP contribution in [0.1, 0.15) is 30.3 Å². The van der Waals surface area contributed by atoms with Crippen molar-refractivity contribution in [2.45, 2.75) is 26.5 Å². The molecule has 0 aliphatic heterocycles. The molecule has 0 spiro atoms. The van der Waals surface area contributed by atoms with Crippen molar-refractivity contribution in [1.29, 1.82) is 0 Å². The van der Waals surface area contributed by atoms with E-state index in [4.69, 9.17) is 9.26 Å². The van der Waals surface area contributed by atoms with E-state index in [2.05, 4.69) is 20.8 Å². The van der Waals surface area contributed by atoms with Gasteiger partial charge in [-0.05, 0) is 12.5 Å². The summed E-state index contributed by atoms with van der Waals surface area (Å²) in [7, 11) is 0. The Bertz CT molecular complexity index is 585. The van der Waals surface area contributed by atoms with Crippen molar-refractivity contribution in [3.63, 3.8) is 0 Å². The number of amides is 2. The third-order valence-electron chi connectivity index (χ3n) is 2.96. The molecule has 0 saturated heterocycles. The highest BCUT2D eigenvalue weighted by molar-refractivity contribution is 5.73. The van der Waals surface area contributed by atoms with Crippen LogP contribution in [0.15, 0.2) is 34.9 Å². The van der Waals surface area contributed by atoms with Gasteiger partial charge in [0.2, 0.25) is 5.89 Å². The third-order valence-corrected chi connectivity index (χ3v) is 2.96. The maximum Gasteiger partial charge on any atom is 0.315 e. The molecule has 1 aromatic carbocycles. The number of carbonyl (C=O) groups is 1. The highest BCUT2D eigenvalue weighted by Crippen LogP contribution is 2.15. The lowest BCUT2D eigenvalue weighted by molar-refractivity contribution is 0.0639. The number of nitrogens with zero attached hydrogens (tertiary/aromatic N) is 2. The Kier molecular flexibility index (Phi) is 5.91. The molecule has 7 heteroatoms. The summed E-state index contributed by atoms with van der Waals surface area (Å²) in [6, 6.07) is 9.48. The summed E-state index contributed by atoms with van der Waals surface area (Å²) in [4.78, 5) is 15.8. The van der Waals surface area contributed by atoms with E-state index in [-0.39, 0.29) is 18.7 Å². The van der Waals surface area contributed by atoms with E-state index in [1.165, 1.54) is 0 Å². The fourth-order valence-corrected chi connectivity index (χ4v) is 1.96.